The second-order valence-electron chi connectivity index (χ2n) is 4.97. The first kappa shape index (κ1) is 18.0. The quantitative estimate of drug-likeness (QED) is 0.671. The minimum Gasteiger partial charge on any atom is -0.495 e. The van der Waals surface area contributed by atoms with Crippen molar-refractivity contribution in [1.29, 1.82) is 0 Å². The molecule has 1 N–H and O–H groups in total. The first-order valence-electron chi connectivity index (χ1n) is 7.04. The maximum atomic E-state index is 12.9. The molecular weight excluding hydrogens is 431 g/mol. The molecule has 1 fully saturated rings. The van der Waals surface area contributed by atoms with Crippen LogP contribution in [-0.2, 0) is 4.79 Å². The van der Waals surface area contributed by atoms with Gasteiger partial charge in [-0.3, -0.25) is 4.79 Å². The first-order valence-corrected chi connectivity index (χ1v) is 9.03. The van der Waals surface area contributed by atoms with E-state index in [9.17, 15) is 9.18 Å². The Kier molecular flexibility index (Phi) is 5.46. The number of carbonyl (C=O) groups excluding carboxylic acids is 1. The average Bonchev–Trinajstić information content (AvgIpc) is 2.89. The summed E-state index contributed by atoms with van der Waals surface area (Å²) in [6.45, 7) is 0. The molecule has 0 unspecified atom stereocenters. The Labute approximate surface area is 161 Å². The van der Waals surface area contributed by atoms with E-state index in [0.29, 0.717) is 36.6 Å². The van der Waals surface area contributed by atoms with E-state index in [-0.39, 0.29) is 11.7 Å². The molecule has 2 aromatic carbocycles. The number of hydrogen-bond donors (Lipinski definition) is 1. The van der Waals surface area contributed by atoms with Crippen molar-refractivity contribution in [3.05, 3.63) is 62.2 Å². The molecule has 0 radical (unpaired) electrons. The van der Waals surface area contributed by atoms with E-state index < -0.39 is 0 Å². The van der Waals surface area contributed by atoms with Crippen LogP contribution < -0.4 is 10.1 Å². The standard InChI is InChI=1S/C17H11BrClFN2O2S/c1-24-15-9(6-10(19)8-13(15)18)7-14-16(23)22-17(25-14)21-12-4-2-11(20)3-5-12/h2-8H,1H3,(H,21,22,23)/b14-7-. The minimum atomic E-state index is -0.341. The molecule has 25 heavy (non-hydrogen) atoms. The number of halogens is 3. The molecule has 0 bridgehead atoms. The number of nitrogens with one attached hydrogen (secondary N) is 1. The van der Waals surface area contributed by atoms with E-state index in [1.165, 1.54) is 36.0 Å². The van der Waals surface area contributed by atoms with Crippen molar-refractivity contribution in [3.63, 3.8) is 0 Å². The highest BCUT2D eigenvalue weighted by Crippen LogP contribution is 2.36. The number of aliphatic imine (C=N–C) groups is 1. The lowest BCUT2D eigenvalue weighted by Gasteiger charge is -2.08. The molecule has 8 heteroatoms. The average molecular weight is 442 g/mol. The molecule has 0 spiro atoms. The Morgan fingerprint density at radius 3 is 2.72 bits per heavy atom. The maximum Gasteiger partial charge on any atom is 0.264 e. The number of amides is 1. The number of methoxy groups -OCH3 is 1. The molecule has 1 saturated heterocycles. The molecule has 128 valence electrons. The molecule has 0 aliphatic carbocycles. The van der Waals surface area contributed by atoms with Crippen LogP contribution in [0.2, 0.25) is 5.02 Å². The highest BCUT2D eigenvalue weighted by Gasteiger charge is 2.24. The third-order valence-electron chi connectivity index (χ3n) is 3.24. The molecule has 1 amide bonds. The van der Waals surface area contributed by atoms with Crippen molar-refractivity contribution in [2.45, 2.75) is 0 Å². The number of rotatable bonds is 3. The second-order valence-corrected chi connectivity index (χ2v) is 7.29. The summed E-state index contributed by atoms with van der Waals surface area (Å²) in [6.07, 6.45) is 1.68. The van der Waals surface area contributed by atoms with Gasteiger partial charge in [-0.2, -0.15) is 0 Å². The normalized spacial score (nSPS) is 17.2. The Morgan fingerprint density at radius 1 is 1.32 bits per heavy atom. The van der Waals surface area contributed by atoms with E-state index >= 15 is 0 Å². The molecule has 0 saturated carbocycles. The summed E-state index contributed by atoms with van der Waals surface area (Å²) in [5, 5.41) is 3.62. The monoisotopic (exact) mass is 440 g/mol. The van der Waals surface area contributed by atoms with Gasteiger partial charge in [0.2, 0.25) is 0 Å². The van der Waals surface area contributed by atoms with Gasteiger partial charge >= 0.3 is 0 Å². The minimum absolute atomic E-state index is 0.274. The summed E-state index contributed by atoms with van der Waals surface area (Å²) in [6, 6.07) is 9.12. The van der Waals surface area contributed by atoms with Gasteiger partial charge in [0.1, 0.15) is 11.6 Å². The van der Waals surface area contributed by atoms with Crippen LogP contribution in [0.5, 0.6) is 5.75 Å². The summed E-state index contributed by atoms with van der Waals surface area (Å²) in [5.41, 5.74) is 1.22. The summed E-state index contributed by atoms with van der Waals surface area (Å²) in [7, 11) is 1.54. The number of ether oxygens (including phenoxy) is 1. The molecule has 1 heterocycles. The second kappa shape index (κ2) is 7.59. The van der Waals surface area contributed by atoms with Gasteiger partial charge in [-0.25, -0.2) is 9.38 Å². The van der Waals surface area contributed by atoms with Gasteiger partial charge in [-0.15, -0.1) is 0 Å². The number of nitrogens with zero attached hydrogens (tertiary/aromatic N) is 1. The Balaban J connectivity index is 1.91. The molecule has 2 aromatic rings. The zero-order valence-electron chi connectivity index (χ0n) is 12.8. The number of benzene rings is 2. The largest absolute Gasteiger partial charge is 0.495 e. The number of carbonyl (C=O) groups is 1. The van der Waals surface area contributed by atoms with E-state index in [1.807, 2.05) is 0 Å². The third-order valence-corrected chi connectivity index (χ3v) is 4.95. The van der Waals surface area contributed by atoms with E-state index in [1.54, 1.807) is 25.3 Å². The number of hydrogen-bond acceptors (Lipinski definition) is 4. The summed E-state index contributed by atoms with van der Waals surface area (Å²) >= 11 is 10.6. The predicted molar refractivity (Wildman–Crippen MR) is 103 cm³/mol. The Bertz CT molecular complexity index is 900. The molecule has 1 aliphatic heterocycles. The third kappa shape index (κ3) is 4.23. The summed E-state index contributed by atoms with van der Waals surface area (Å²) in [4.78, 5) is 16.9. The van der Waals surface area contributed by atoms with Crippen molar-refractivity contribution in [1.82, 2.24) is 5.32 Å². The molecular formula is C17H11BrClFN2O2S. The molecule has 1 aliphatic rings. The van der Waals surface area contributed by atoms with Crippen LogP contribution in [0, 0.1) is 5.82 Å². The highest BCUT2D eigenvalue weighted by atomic mass is 79.9. The lowest BCUT2D eigenvalue weighted by Crippen LogP contribution is -2.19. The van der Waals surface area contributed by atoms with Gasteiger partial charge in [-0.05, 0) is 70.2 Å². The first-order chi connectivity index (χ1) is 12.0. The highest BCUT2D eigenvalue weighted by molar-refractivity contribution is 9.10. The van der Waals surface area contributed by atoms with E-state index in [4.69, 9.17) is 16.3 Å². The van der Waals surface area contributed by atoms with Gasteiger partial charge in [0.15, 0.2) is 5.17 Å². The maximum absolute atomic E-state index is 12.9. The van der Waals surface area contributed by atoms with Crippen LogP contribution in [0.3, 0.4) is 0 Å². The van der Waals surface area contributed by atoms with E-state index in [2.05, 4.69) is 26.2 Å². The SMILES string of the molecule is COc1c(Br)cc(Cl)cc1/C=C1\SC(=Nc2ccc(F)cc2)NC1=O. The Morgan fingerprint density at radius 2 is 2.04 bits per heavy atom. The lowest BCUT2D eigenvalue weighted by atomic mass is 10.2. The fourth-order valence-electron chi connectivity index (χ4n) is 2.16. The van der Waals surface area contributed by atoms with Crippen LogP contribution in [0.15, 0.2) is 50.8 Å². The fraction of sp³-hybridized carbons (Fsp3) is 0.0588. The van der Waals surface area contributed by atoms with Crippen molar-refractivity contribution >= 4 is 62.1 Å². The lowest BCUT2D eigenvalue weighted by molar-refractivity contribution is -0.115. The van der Waals surface area contributed by atoms with Crippen molar-refractivity contribution in [3.8, 4) is 5.75 Å². The van der Waals surface area contributed by atoms with Crippen LogP contribution >= 0.6 is 39.3 Å². The van der Waals surface area contributed by atoms with Gasteiger partial charge < -0.3 is 10.1 Å². The number of amidine groups is 1. The molecule has 3 rings (SSSR count). The van der Waals surface area contributed by atoms with Crippen molar-refractivity contribution in [2.75, 3.05) is 7.11 Å². The molecule has 4 nitrogen and oxygen atoms in total. The van der Waals surface area contributed by atoms with Crippen LogP contribution in [-0.4, -0.2) is 18.2 Å². The van der Waals surface area contributed by atoms with Gasteiger partial charge in [0.25, 0.3) is 5.91 Å². The van der Waals surface area contributed by atoms with Crippen LogP contribution in [0.4, 0.5) is 10.1 Å². The zero-order valence-corrected chi connectivity index (χ0v) is 16.0. The molecule has 0 aromatic heterocycles. The van der Waals surface area contributed by atoms with Crippen LogP contribution in [0.1, 0.15) is 5.56 Å². The predicted octanol–water partition coefficient (Wildman–Crippen LogP) is 5.14. The Hall–Kier alpha value is -1.83. The number of thioether (sulfide) groups is 1. The summed E-state index contributed by atoms with van der Waals surface area (Å²) < 4.78 is 19.0. The van der Waals surface area contributed by atoms with Gasteiger partial charge in [0, 0.05) is 10.6 Å². The smallest absolute Gasteiger partial charge is 0.264 e. The van der Waals surface area contributed by atoms with Crippen LogP contribution in [0.25, 0.3) is 6.08 Å². The van der Waals surface area contributed by atoms with Crippen molar-refractivity contribution in [2.24, 2.45) is 4.99 Å². The topological polar surface area (TPSA) is 50.7 Å². The molecule has 0 atom stereocenters. The van der Waals surface area contributed by atoms with E-state index in [0.717, 1.165) is 0 Å². The van der Waals surface area contributed by atoms with Crippen molar-refractivity contribution < 1.29 is 13.9 Å². The summed E-state index contributed by atoms with van der Waals surface area (Å²) in [5.74, 6) is -0.0375. The van der Waals surface area contributed by atoms with Gasteiger partial charge in [0.05, 0.1) is 22.2 Å². The fourth-order valence-corrected chi connectivity index (χ4v) is 3.99. The van der Waals surface area contributed by atoms with Gasteiger partial charge in [-0.1, -0.05) is 11.6 Å². The zero-order chi connectivity index (χ0) is 18.0.